The molecule has 0 aliphatic heterocycles. The number of hydrogen-bond acceptors (Lipinski definition) is 2. The summed E-state index contributed by atoms with van der Waals surface area (Å²) >= 11 is 3.36. The molecule has 0 fully saturated rings. The largest absolute Gasteiger partial charge is 0.481 e. The van der Waals surface area contributed by atoms with Crippen LogP contribution in [0, 0.1) is 11.8 Å². The first-order chi connectivity index (χ1) is 9.22. The first kappa shape index (κ1) is 15.3. The molecule has 0 radical (unpaired) electrons. The molecule has 0 atom stereocenters. The van der Waals surface area contributed by atoms with Crippen molar-refractivity contribution in [3.05, 3.63) is 41.4 Å². The Bertz CT molecular complexity index is 488. The van der Waals surface area contributed by atoms with Gasteiger partial charge in [0.1, 0.15) is 12.4 Å². The average Bonchev–Trinajstić information content (AvgIpc) is 2.40. The van der Waals surface area contributed by atoms with E-state index >= 15 is 0 Å². The Morgan fingerprint density at radius 1 is 1.47 bits per heavy atom. The number of halogens is 1. The van der Waals surface area contributed by atoms with Gasteiger partial charge >= 0.3 is 0 Å². The van der Waals surface area contributed by atoms with Gasteiger partial charge in [0, 0.05) is 10.9 Å². The van der Waals surface area contributed by atoms with Gasteiger partial charge in [-0.1, -0.05) is 39.9 Å². The topological polar surface area (TPSA) is 38.3 Å². The molecule has 1 aromatic carbocycles. The maximum atomic E-state index is 11.2. The zero-order chi connectivity index (χ0) is 13.9. The summed E-state index contributed by atoms with van der Waals surface area (Å²) in [7, 11) is 0. The van der Waals surface area contributed by atoms with E-state index in [0.717, 1.165) is 10.2 Å². The van der Waals surface area contributed by atoms with Crippen LogP contribution in [0.15, 0.2) is 41.4 Å². The molecule has 1 N–H and O–H groups in total. The van der Waals surface area contributed by atoms with E-state index in [2.05, 4.69) is 39.7 Å². The summed E-state index contributed by atoms with van der Waals surface area (Å²) in [4.78, 5) is 11.2. The minimum absolute atomic E-state index is 0.0119. The molecule has 3 nitrogen and oxygen atoms in total. The second-order valence-electron chi connectivity index (χ2n) is 3.70. The molecular weight excluding hydrogens is 306 g/mol. The van der Waals surface area contributed by atoms with Crippen molar-refractivity contribution in [2.45, 2.75) is 12.8 Å². The molecule has 0 unspecified atom stereocenters. The summed E-state index contributed by atoms with van der Waals surface area (Å²) < 4.78 is 6.39. The predicted molar refractivity (Wildman–Crippen MR) is 79.9 cm³/mol. The van der Waals surface area contributed by atoms with Crippen LogP contribution in [0.1, 0.15) is 12.8 Å². The van der Waals surface area contributed by atoms with E-state index in [4.69, 9.17) is 4.74 Å². The third kappa shape index (κ3) is 7.32. The number of ether oxygens (including phenoxy) is 1. The summed E-state index contributed by atoms with van der Waals surface area (Å²) in [6.45, 7) is 4.21. The van der Waals surface area contributed by atoms with Crippen molar-refractivity contribution in [3.63, 3.8) is 0 Å². The minimum atomic E-state index is -0.0119. The Balaban J connectivity index is 2.18. The van der Waals surface area contributed by atoms with Crippen molar-refractivity contribution in [2.24, 2.45) is 0 Å². The van der Waals surface area contributed by atoms with Crippen molar-refractivity contribution in [1.82, 2.24) is 5.32 Å². The van der Waals surface area contributed by atoms with Crippen molar-refractivity contribution in [3.8, 4) is 17.6 Å². The lowest BCUT2D eigenvalue weighted by atomic mass is 10.3. The number of carbonyl (C=O) groups excluding carboxylic acids is 1. The number of nitrogens with one attached hydrogen (secondary N) is 1. The lowest BCUT2D eigenvalue weighted by molar-refractivity contribution is -0.120. The van der Waals surface area contributed by atoms with Gasteiger partial charge in [-0.25, -0.2) is 0 Å². The fraction of sp³-hybridized carbons (Fsp3) is 0.267. The molecule has 1 amide bonds. The van der Waals surface area contributed by atoms with E-state index in [1.165, 1.54) is 0 Å². The van der Waals surface area contributed by atoms with Crippen LogP contribution in [0.5, 0.6) is 5.75 Å². The summed E-state index contributed by atoms with van der Waals surface area (Å²) in [6.07, 6.45) is 2.86. The molecule has 0 heterocycles. The molecule has 1 rings (SSSR count). The Morgan fingerprint density at radius 3 is 3.05 bits per heavy atom. The van der Waals surface area contributed by atoms with Crippen molar-refractivity contribution >= 4 is 21.8 Å². The Morgan fingerprint density at radius 2 is 2.32 bits per heavy atom. The van der Waals surface area contributed by atoms with E-state index in [9.17, 15) is 4.79 Å². The molecule has 0 aromatic heterocycles. The van der Waals surface area contributed by atoms with Gasteiger partial charge in [-0.3, -0.25) is 4.79 Å². The van der Waals surface area contributed by atoms with Crippen LogP contribution in [-0.4, -0.2) is 19.1 Å². The van der Waals surface area contributed by atoms with Gasteiger partial charge in [-0.15, -0.1) is 6.58 Å². The zero-order valence-electron chi connectivity index (χ0n) is 10.6. The molecule has 0 aliphatic carbocycles. The third-order valence-electron chi connectivity index (χ3n) is 2.18. The smallest absolute Gasteiger partial charge is 0.221 e. The van der Waals surface area contributed by atoms with Crippen LogP contribution in [0.25, 0.3) is 0 Å². The van der Waals surface area contributed by atoms with Crippen molar-refractivity contribution in [2.75, 3.05) is 13.2 Å². The zero-order valence-corrected chi connectivity index (χ0v) is 12.2. The second kappa shape index (κ2) is 9.23. The molecule has 1 aromatic rings. The molecule has 100 valence electrons. The molecule has 0 saturated heterocycles. The lowest BCUT2D eigenvalue weighted by Crippen LogP contribution is -2.22. The van der Waals surface area contributed by atoms with E-state index in [0.29, 0.717) is 26.0 Å². The molecule has 0 bridgehead atoms. The number of benzene rings is 1. The monoisotopic (exact) mass is 321 g/mol. The van der Waals surface area contributed by atoms with Gasteiger partial charge in [-0.05, 0) is 24.6 Å². The van der Waals surface area contributed by atoms with Crippen LogP contribution in [0.4, 0.5) is 0 Å². The Labute approximate surface area is 122 Å². The molecule has 19 heavy (non-hydrogen) atoms. The molecular formula is C15H16BrNO2. The third-order valence-corrected chi connectivity index (χ3v) is 2.67. The highest BCUT2D eigenvalue weighted by Gasteiger charge is 1.95. The summed E-state index contributed by atoms with van der Waals surface area (Å²) in [5, 5.41) is 2.70. The first-order valence-electron chi connectivity index (χ1n) is 5.94. The average molecular weight is 322 g/mol. The Hall–Kier alpha value is -1.73. The van der Waals surface area contributed by atoms with Crippen LogP contribution in [0.2, 0.25) is 0 Å². The minimum Gasteiger partial charge on any atom is -0.481 e. The molecule has 4 heteroatoms. The highest BCUT2D eigenvalue weighted by Crippen LogP contribution is 2.17. The maximum absolute atomic E-state index is 11.2. The number of carbonyl (C=O) groups is 1. The van der Waals surface area contributed by atoms with Gasteiger partial charge in [0.2, 0.25) is 5.91 Å². The Kier molecular flexibility index (Phi) is 7.45. The van der Waals surface area contributed by atoms with Gasteiger partial charge in [0.25, 0.3) is 0 Å². The number of rotatable bonds is 6. The number of allylic oxidation sites excluding steroid dienone is 1. The van der Waals surface area contributed by atoms with Crippen LogP contribution >= 0.6 is 15.9 Å². The fourth-order valence-corrected chi connectivity index (χ4v) is 1.63. The van der Waals surface area contributed by atoms with E-state index < -0.39 is 0 Å². The summed E-state index contributed by atoms with van der Waals surface area (Å²) in [5.74, 6) is 6.43. The van der Waals surface area contributed by atoms with Gasteiger partial charge in [0.15, 0.2) is 0 Å². The maximum Gasteiger partial charge on any atom is 0.221 e. The van der Waals surface area contributed by atoms with Gasteiger partial charge in [-0.2, -0.15) is 0 Å². The van der Waals surface area contributed by atoms with Gasteiger partial charge < -0.3 is 10.1 Å². The van der Waals surface area contributed by atoms with Crippen LogP contribution in [0.3, 0.4) is 0 Å². The first-order valence-corrected chi connectivity index (χ1v) is 6.73. The van der Waals surface area contributed by atoms with E-state index in [-0.39, 0.29) is 5.91 Å². The lowest BCUT2D eigenvalue weighted by Gasteiger charge is -2.01. The highest BCUT2D eigenvalue weighted by molar-refractivity contribution is 9.10. The number of hydrogen-bond donors (Lipinski definition) is 1. The van der Waals surface area contributed by atoms with E-state index in [1.807, 2.05) is 24.3 Å². The quantitative estimate of drug-likeness (QED) is 0.646. The van der Waals surface area contributed by atoms with E-state index in [1.54, 1.807) is 6.08 Å². The normalized spacial score (nSPS) is 9.11. The SMILES string of the molecule is C=CCCC(=O)NCC#CCOc1cccc(Br)c1. The van der Waals surface area contributed by atoms with Crippen LogP contribution in [-0.2, 0) is 4.79 Å². The molecule has 0 spiro atoms. The summed E-state index contributed by atoms with van der Waals surface area (Å²) in [6, 6.07) is 7.56. The standard InChI is InChI=1S/C15H16BrNO2/c1-2-3-9-15(18)17-10-4-5-11-19-14-8-6-7-13(16)12-14/h2,6-8,12H,1,3,9-11H2,(H,17,18). The van der Waals surface area contributed by atoms with Gasteiger partial charge in [0.05, 0.1) is 6.54 Å². The molecule has 0 saturated carbocycles. The summed E-state index contributed by atoms with van der Waals surface area (Å²) in [5.41, 5.74) is 0. The second-order valence-corrected chi connectivity index (χ2v) is 4.62. The van der Waals surface area contributed by atoms with Crippen LogP contribution < -0.4 is 10.1 Å². The fourth-order valence-electron chi connectivity index (χ4n) is 1.25. The highest BCUT2D eigenvalue weighted by atomic mass is 79.9. The molecule has 0 aliphatic rings. The van der Waals surface area contributed by atoms with Crippen molar-refractivity contribution < 1.29 is 9.53 Å². The predicted octanol–water partition coefficient (Wildman–Crippen LogP) is 2.91. The van der Waals surface area contributed by atoms with Crippen molar-refractivity contribution in [1.29, 1.82) is 0 Å². The number of amides is 1.